The van der Waals surface area contributed by atoms with Crippen LogP contribution in [0.2, 0.25) is 5.02 Å². The molecule has 1 saturated heterocycles. The lowest BCUT2D eigenvalue weighted by Crippen LogP contribution is -2.22. The Kier molecular flexibility index (Phi) is 6.52. The van der Waals surface area contributed by atoms with Crippen LogP contribution < -0.4 is 10.6 Å². The summed E-state index contributed by atoms with van der Waals surface area (Å²) >= 11 is 8.88. The number of anilines is 2. The molecule has 2 N–H and O–H groups in total. The Morgan fingerprint density at radius 1 is 1.48 bits per heavy atom. The largest absolute Gasteiger partial charge is 0.376 e. The SMILES string of the molecule is CC(Sc1nnc(NCC2CCCO2)s1)C(=O)Nc1ccccc1Cl. The second-order valence-electron chi connectivity index (χ2n) is 5.62. The number of rotatable bonds is 7. The molecule has 9 heteroatoms. The second-order valence-corrected chi connectivity index (χ2v) is 8.59. The normalized spacial score (nSPS) is 18.1. The van der Waals surface area contributed by atoms with Crippen LogP contribution in [0.5, 0.6) is 0 Å². The van der Waals surface area contributed by atoms with Crippen LogP contribution in [-0.4, -0.2) is 40.6 Å². The third-order valence-electron chi connectivity index (χ3n) is 3.69. The third kappa shape index (κ3) is 5.31. The fraction of sp³-hybridized carbons (Fsp3) is 0.438. The van der Waals surface area contributed by atoms with Crippen LogP contribution >= 0.6 is 34.7 Å². The Morgan fingerprint density at radius 3 is 3.08 bits per heavy atom. The molecule has 1 amide bonds. The van der Waals surface area contributed by atoms with Crippen molar-refractivity contribution in [2.24, 2.45) is 0 Å². The van der Waals surface area contributed by atoms with E-state index in [0.717, 1.165) is 35.5 Å². The van der Waals surface area contributed by atoms with E-state index in [-0.39, 0.29) is 17.3 Å². The maximum Gasteiger partial charge on any atom is 0.237 e. The first-order valence-electron chi connectivity index (χ1n) is 8.03. The Morgan fingerprint density at radius 2 is 2.32 bits per heavy atom. The van der Waals surface area contributed by atoms with E-state index in [1.54, 1.807) is 12.1 Å². The fourth-order valence-corrected chi connectivity index (χ4v) is 4.42. The maximum absolute atomic E-state index is 12.3. The van der Waals surface area contributed by atoms with Crippen LogP contribution in [0, 0.1) is 0 Å². The van der Waals surface area contributed by atoms with Crippen LogP contribution in [-0.2, 0) is 9.53 Å². The van der Waals surface area contributed by atoms with Gasteiger partial charge in [-0.2, -0.15) is 0 Å². The summed E-state index contributed by atoms with van der Waals surface area (Å²) in [7, 11) is 0. The van der Waals surface area contributed by atoms with Gasteiger partial charge in [0.2, 0.25) is 11.0 Å². The van der Waals surface area contributed by atoms with Gasteiger partial charge < -0.3 is 15.4 Å². The number of carbonyl (C=O) groups is 1. The van der Waals surface area contributed by atoms with E-state index in [0.29, 0.717) is 10.7 Å². The molecular formula is C16H19ClN4O2S2. The molecule has 25 heavy (non-hydrogen) atoms. The summed E-state index contributed by atoms with van der Waals surface area (Å²) in [4.78, 5) is 12.3. The Bertz CT molecular complexity index is 722. The highest BCUT2D eigenvalue weighted by molar-refractivity contribution is 8.02. The van der Waals surface area contributed by atoms with Crippen molar-refractivity contribution < 1.29 is 9.53 Å². The zero-order chi connectivity index (χ0) is 17.6. The number of thioether (sulfide) groups is 1. The highest BCUT2D eigenvalue weighted by atomic mass is 35.5. The number of nitrogens with zero attached hydrogens (tertiary/aromatic N) is 2. The van der Waals surface area contributed by atoms with Crippen molar-refractivity contribution in [1.29, 1.82) is 0 Å². The first-order chi connectivity index (χ1) is 12.1. The van der Waals surface area contributed by atoms with E-state index >= 15 is 0 Å². The van der Waals surface area contributed by atoms with E-state index in [2.05, 4.69) is 20.8 Å². The van der Waals surface area contributed by atoms with Crippen LogP contribution in [0.4, 0.5) is 10.8 Å². The van der Waals surface area contributed by atoms with E-state index in [1.807, 2.05) is 19.1 Å². The van der Waals surface area contributed by atoms with Gasteiger partial charge in [-0.1, -0.05) is 46.8 Å². The number of hydrogen-bond acceptors (Lipinski definition) is 7. The van der Waals surface area contributed by atoms with Gasteiger partial charge in [0.15, 0.2) is 4.34 Å². The summed E-state index contributed by atoms with van der Waals surface area (Å²) in [6.07, 6.45) is 2.44. The Balaban J connectivity index is 1.49. The molecule has 0 spiro atoms. The lowest BCUT2D eigenvalue weighted by molar-refractivity contribution is -0.115. The number of carbonyl (C=O) groups excluding carboxylic acids is 1. The van der Waals surface area contributed by atoms with Crippen LogP contribution in [0.25, 0.3) is 0 Å². The number of ether oxygens (including phenoxy) is 1. The minimum absolute atomic E-state index is 0.123. The molecule has 0 bridgehead atoms. The van der Waals surface area contributed by atoms with Gasteiger partial charge in [0.25, 0.3) is 0 Å². The molecule has 134 valence electrons. The number of halogens is 1. The maximum atomic E-state index is 12.3. The van der Waals surface area contributed by atoms with E-state index in [4.69, 9.17) is 16.3 Å². The quantitative estimate of drug-likeness (QED) is 0.689. The number of hydrogen-bond donors (Lipinski definition) is 2. The summed E-state index contributed by atoms with van der Waals surface area (Å²) in [6, 6.07) is 7.17. The molecule has 2 atom stereocenters. The average Bonchev–Trinajstić information content (AvgIpc) is 3.26. The first-order valence-corrected chi connectivity index (χ1v) is 10.1. The highest BCUT2D eigenvalue weighted by Gasteiger charge is 2.19. The molecular weight excluding hydrogens is 380 g/mol. The molecule has 1 fully saturated rings. The summed E-state index contributed by atoms with van der Waals surface area (Å²) < 4.78 is 6.32. The van der Waals surface area contributed by atoms with Crippen molar-refractivity contribution in [2.45, 2.75) is 35.5 Å². The summed E-state index contributed by atoms with van der Waals surface area (Å²) in [6.45, 7) is 3.40. The van der Waals surface area contributed by atoms with Gasteiger partial charge >= 0.3 is 0 Å². The zero-order valence-electron chi connectivity index (χ0n) is 13.7. The van der Waals surface area contributed by atoms with E-state index in [1.165, 1.54) is 23.1 Å². The topological polar surface area (TPSA) is 76.1 Å². The van der Waals surface area contributed by atoms with Gasteiger partial charge in [-0.3, -0.25) is 4.79 Å². The van der Waals surface area contributed by atoms with E-state index < -0.39 is 0 Å². The van der Waals surface area contributed by atoms with Crippen molar-refractivity contribution in [2.75, 3.05) is 23.8 Å². The van der Waals surface area contributed by atoms with E-state index in [9.17, 15) is 4.79 Å². The number of aromatic nitrogens is 2. The molecule has 2 unspecified atom stereocenters. The van der Waals surface area contributed by atoms with Crippen molar-refractivity contribution >= 4 is 51.4 Å². The average molecular weight is 399 g/mol. The molecule has 2 aromatic rings. The van der Waals surface area contributed by atoms with Gasteiger partial charge in [0.1, 0.15) is 0 Å². The standard InChI is InChI=1S/C16H19ClN4O2S2/c1-10(14(22)19-13-7-3-2-6-12(13)17)24-16-21-20-15(25-16)18-9-11-5-4-8-23-11/h2-3,6-7,10-11H,4-5,8-9H2,1H3,(H,18,20)(H,19,22). The van der Waals surface area contributed by atoms with Crippen molar-refractivity contribution in [3.63, 3.8) is 0 Å². The molecule has 3 rings (SSSR count). The minimum atomic E-state index is -0.310. The molecule has 1 aromatic heterocycles. The predicted octanol–water partition coefficient (Wildman–Crippen LogP) is 3.90. The van der Waals surface area contributed by atoms with Gasteiger partial charge in [-0.25, -0.2) is 0 Å². The number of amides is 1. The van der Waals surface area contributed by atoms with Gasteiger partial charge in [-0.05, 0) is 31.9 Å². The first kappa shape index (κ1) is 18.4. The van der Waals surface area contributed by atoms with Gasteiger partial charge in [0, 0.05) is 13.2 Å². The molecule has 6 nitrogen and oxygen atoms in total. The molecule has 1 aromatic carbocycles. The molecule has 2 heterocycles. The molecule has 0 saturated carbocycles. The number of benzene rings is 1. The second kappa shape index (κ2) is 8.84. The van der Waals surface area contributed by atoms with Crippen LogP contribution in [0.3, 0.4) is 0 Å². The highest BCUT2D eigenvalue weighted by Crippen LogP contribution is 2.30. The smallest absolute Gasteiger partial charge is 0.237 e. The van der Waals surface area contributed by atoms with Crippen LogP contribution in [0.15, 0.2) is 28.6 Å². The van der Waals surface area contributed by atoms with Crippen molar-refractivity contribution in [3.8, 4) is 0 Å². The number of para-hydroxylation sites is 1. The zero-order valence-corrected chi connectivity index (χ0v) is 16.1. The Hall–Kier alpha value is -1.35. The summed E-state index contributed by atoms with van der Waals surface area (Å²) in [5, 5.41) is 15.3. The number of nitrogens with one attached hydrogen (secondary N) is 2. The molecule has 0 radical (unpaired) electrons. The molecule has 1 aliphatic heterocycles. The lowest BCUT2D eigenvalue weighted by Gasteiger charge is -2.11. The molecule has 0 aliphatic carbocycles. The van der Waals surface area contributed by atoms with Crippen LogP contribution in [0.1, 0.15) is 19.8 Å². The Labute approximate surface area is 159 Å². The molecule has 1 aliphatic rings. The minimum Gasteiger partial charge on any atom is -0.376 e. The monoisotopic (exact) mass is 398 g/mol. The summed E-state index contributed by atoms with van der Waals surface area (Å²) in [5.41, 5.74) is 0.609. The lowest BCUT2D eigenvalue weighted by atomic mass is 10.2. The predicted molar refractivity (Wildman–Crippen MR) is 103 cm³/mol. The fourth-order valence-electron chi connectivity index (χ4n) is 2.34. The third-order valence-corrected chi connectivity index (χ3v) is 6.08. The summed E-state index contributed by atoms with van der Waals surface area (Å²) in [5.74, 6) is -0.123. The van der Waals surface area contributed by atoms with Crippen molar-refractivity contribution in [1.82, 2.24) is 10.2 Å². The van der Waals surface area contributed by atoms with Gasteiger partial charge in [-0.15, -0.1) is 10.2 Å². The van der Waals surface area contributed by atoms with Crippen molar-refractivity contribution in [3.05, 3.63) is 29.3 Å². The van der Waals surface area contributed by atoms with Gasteiger partial charge in [0.05, 0.1) is 22.1 Å².